The molecule has 1 atom stereocenters. The van der Waals surface area contributed by atoms with E-state index in [1.54, 1.807) is 13.1 Å². The Morgan fingerprint density at radius 3 is 2.22 bits per heavy atom. The number of benzene rings is 1. The molecule has 5 rings (SSSR count). The Hall–Kier alpha value is -1.45. The van der Waals surface area contributed by atoms with Gasteiger partial charge < -0.3 is 9.80 Å². The molecule has 0 unspecified atom stereocenters. The summed E-state index contributed by atoms with van der Waals surface area (Å²) in [5.74, 6) is 1.09. The molecule has 2 amide bonds. The van der Waals surface area contributed by atoms with Crippen LogP contribution in [0.3, 0.4) is 0 Å². The highest BCUT2D eigenvalue weighted by molar-refractivity contribution is 9.11. The average Bonchev–Trinajstić information content (AvgIpc) is 3.02. The Kier molecular flexibility index (Phi) is 8.32. The van der Waals surface area contributed by atoms with Gasteiger partial charge in [0.15, 0.2) is 0 Å². The fourth-order valence-electron chi connectivity index (χ4n) is 6.52. The van der Waals surface area contributed by atoms with Gasteiger partial charge in [-0.05, 0) is 95.6 Å². The van der Waals surface area contributed by atoms with Crippen molar-refractivity contribution in [2.24, 2.45) is 11.8 Å². The van der Waals surface area contributed by atoms with Crippen LogP contribution in [-0.4, -0.2) is 53.0 Å². The van der Waals surface area contributed by atoms with Crippen LogP contribution in [0.5, 0.6) is 0 Å². The van der Waals surface area contributed by atoms with Crippen molar-refractivity contribution in [1.82, 2.24) is 9.80 Å². The molecule has 2 saturated heterocycles. The van der Waals surface area contributed by atoms with Crippen LogP contribution in [0, 0.1) is 11.8 Å². The van der Waals surface area contributed by atoms with Crippen LogP contribution in [0.4, 0.5) is 0 Å². The zero-order valence-electron chi connectivity index (χ0n) is 21.1. The molecule has 37 heavy (non-hydrogen) atoms. The number of fused-ring (bicyclic) bond motifs is 2. The molecule has 3 heterocycles. The summed E-state index contributed by atoms with van der Waals surface area (Å²) in [6.07, 6.45) is 7.71. The second-order valence-corrected chi connectivity index (χ2v) is 13.4. The first-order valence-electron chi connectivity index (χ1n) is 13.2. The van der Waals surface area contributed by atoms with Gasteiger partial charge in [-0.2, -0.15) is 0 Å². The van der Waals surface area contributed by atoms with E-state index in [4.69, 9.17) is 0 Å². The van der Waals surface area contributed by atoms with Crippen molar-refractivity contribution in [3.05, 3.63) is 60.2 Å². The van der Waals surface area contributed by atoms with Crippen LogP contribution in [-0.2, 0) is 22.4 Å². The Bertz CT molecular complexity index is 1150. The molecule has 0 bridgehead atoms. The van der Waals surface area contributed by atoms with E-state index in [0.29, 0.717) is 18.3 Å². The van der Waals surface area contributed by atoms with E-state index in [1.807, 2.05) is 9.80 Å². The van der Waals surface area contributed by atoms with Gasteiger partial charge in [-0.15, -0.1) is 0 Å². The summed E-state index contributed by atoms with van der Waals surface area (Å²) in [6, 6.07) is 6.46. The van der Waals surface area contributed by atoms with E-state index in [-0.39, 0.29) is 17.7 Å². The van der Waals surface area contributed by atoms with Crippen molar-refractivity contribution >= 4 is 59.6 Å². The molecule has 1 aliphatic carbocycles. The predicted molar refractivity (Wildman–Crippen MR) is 152 cm³/mol. The van der Waals surface area contributed by atoms with Gasteiger partial charge in [-0.25, -0.2) is 0 Å². The molecule has 3 aliphatic rings. The predicted octanol–water partition coefficient (Wildman–Crippen LogP) is 5.62. The molecule has 2 aliphatic heterocycles. The maximum Gasteiger partial charge on any atom is 0.245 e. The van der Waals surface area contributed by atoms with E-state index in [2.05, 4.69) is 66.0 Å². The summed E-state index contributed by atoms with van der Waals surface area (Å²) in [7, 11) is 0. The van der Waals surface area contributed by atoms with Crippen molar-refractivity contribution in [2.75, 3.05) is 26.2 Å². The molecule has 9 heteroatoms. The Morgan fingerprint density at radius 2 is 1.54 bits per heavy atom. The molecule has 1 aromatic heterocycles. The first kappa shape index (κ1) is 27.1. The number of hydrogen-bond acceptors (Lipinski definition) is 3. The Labute approximate surface area is 243 Å². The van der Waals surface area contributed by atoms with Gasteiger partial charge in [0, 0.05) is 58.8 Å². The van der Waals surface area contributed by atoms with Crippen molar-refractivity contribution in [3.8, 4) is 0 Å². The number of hydrogen-bond donors (Lipinski definition) is 1. The number of likely N-dealkylation sites (tertiary alicyclic amines) is 2. The van der Waals surface area contributed by atoms with Gasteiger partial charge in [0.25, 0.3) is 0 Å². The van der Waals surface area contributed by atoms with E-state index < -0.39 is 0 Å². The van der Waals surface area contributed by atoms with Crippen LogP contribution >= 0.6 is 47.8 Å². The highest BCUT2D eigenvalue weighted by Crippen LogP contribution is 2.45. The minimum absolute atomic E-state index is 0.0428. The number of carbonyl (C=O) groups excluding carboxylic acids is 2. The second kappa shape index (κ2) is 11.3. The van der Waals surface area contributed by atoms with Gasteiger partial charge in [-0.3, -0.25) is 14.8 Å². The first-order valence-corrected chi connectivity index (χ1v) is 15.5. The lowest BCUT2D eigenvalue weighted by Gasteiger charge is -2.37. The van der Waals surface area contributed by atoms with Crippen LogP contribution < -0.4 is 4.73 Å². The first-order chi connectivity index (χ1) is 17.7. The molecule has 0 radical (unpaired) electrons. The summed E-state index contributed by atoms with van der Waals surface area (Å²) >= 11 is 11.1. The minimum atomic E-state index is 0.0428. The normalized spacial score (nSPS) is 20.8. The maximum atomic E-state index is 13.2. The standard InChI is InChI=1S/C28H33Br3N3O3/c1-17(35)32-8-4-18(5-9-32)12-25(36)33-10-6-19(7-11-33)27-26-20(13-22(29)15-24(26)31)2-3-21-14-23(30)16-34(37)28(21)27/h13-16,18-19,27,37H,2-12H2,1H3/q+1/t27-/m1/s1. The maximum absolute atomic E-state index is 13.2. The summed E-state index contributed by atoms with van der Waals surface area (Å²) in [4.78, 5) is 28.7. The smallest absolute Gasteiger partial charge is 0.245 e. The number of rotatable bonds is 3. The fourth-order valence-corrected chi connectivity index (χ4v) is 8.55. The number of amides is 2. The van der Waals surface area contributed by atoms with Crippen molar-refractivity contribution < 1.29 is 19.5 Å². The minimum Gasteiger partial charge on any atom is -0.343 e. The van der Waals surface area contributed by atoms with E-state index in [1.165, 1.54) is 15.9 Å². The number of pyridine rings is 1. The molecule has 198 valence electrons. The number of carbonyl (C=O) groups is 2. The van der Waals surface area contributed by atoms with Crippen LogP contribution in [0.2, 0.25) is 0 Å². The number of piperidine rings is 2. The molecule has 2 aromatic rings. The molecule has 1 aromatic carbocycles. The topological polar surface area (TPSA) is 64.7 Å². The molecular weight excluding hydrogens is 666 g/mol. The van der Waals surface area contributed by atoms with Crippen molar-refractivity contribution in [2.45, 2.75) is 57.8 Å². The van der Waals surface area contributed by atoms with Gasteiger partial charge in [0.2, 0.25) is 23.7 Å². The van der Waals surface area contributed by atoms with Crippen molar-refractivity contribution in [1.29, 1.82) is 0 Å². The fraction of sp³-hybridized carbons (Fsp3) is 0.536. The van der Waals surface area contributed by atoms with Crippen molar-refractivity contribution in [3.63, 3.8) is 0 Å². The highest BCUT2D eigenvalue weighted by atomic mass is 79.9. The lowest BCUT2D eigenvalue weighted by molar-refractivity contribution is -0.911. The Balaban J connectivity index is 1.34. The second-order valence-electron chi connectivity index (χ2n) is 10.7. The molecule has 0 spiro atoms. The summed E-state index contributed by atoms with van der Waals surface area (Å²) in [6.45, 7) is 4.63. The van der Waals surface area contributed by atoms with E-state index >= 15 is 0 Å². The van der Waals surface area contributed by atoms with Gasteiger partial charge in [0.05, 0.1) is 10.4 Å². The lowest BCUT2D eigenvalue weighted by Crippen LogP contribution is -2.44. The van der Waals surface area contributed by atoms with E-state index in [9.17, 15) is 14.8 Å². The third kappa shape index (κ3) is 5.78. The summed E-state index contributed by atoms with van der Waals surface area (Å²) in [5.41, 5.74) is 4.69. The van der Waals surface area contributed by atoms with Crippen LogP contribution in [0.25, 0.3) is 0 Å². The number of aryl methyl sites for hydroxylation is 2. The molecule has 2 fully saturated rings. The number of nitrogens with zero attached hydrogens (tertiary/aromatic N) is 3. The zero-order valence-corrected chi connectivity index (χ0v) is 25.8. The summed E-state index contributed by atoms with van der Waals surface area (Å²) < 4.78 is 4.30. The molecule has 1 N–H and O–H groups in total. The van der Waals surface area contributed by atoms with Gasteiger partial charge in [-0.1, -0.05) is 31.9 Å². The molecular formula is C28H33Br3N3O3+. The Morgan fingerprint density at radius 1 is 0.919 bits per heavy atom. The lowest BCUT2D eigenvalue weighted by atomic mass is 9.76. The largest absolute Gasteiger partial charge is 0.343 e. The SMILES string of the molecule is CC(=O)N1CCC(CC(=O)N2CCC([C@@H]3c4c(Br)cc(Br)cc4CCc4cc(Br)c[n+](O)c43)CC2)CC1. The number of aromatic nitrogens is 1. The molecule has 0 saturated carbocycles. The van der Waals surface area contributed by atoms with Gasteiger partial charge >= 0.3 is 0 Å². The zero-order chi connectivity index (χ0) is 26.3. The monoisotopic (exact) mass is 696 g/mol. The highest BCUT2D eigenvalue weighted by Gasteiger charge is 2.41. The molecule has 6 nitrogen and oxygen atoms in total. The average molecular weight is 699 g/mol. The van der Waals surface area contributed by atoms with Gasteiger partial charge in [0.1, 0.15) is 0 Å². The number of halogens is 3. The van der Waals surface area contributed by atoms with Crippen LogP contribution in [0.1, 0.15) is 67.3 Å². The summed E-state index contributed by atoms with van der Waals surface area (Å²) in [5, 5.41) is 11.1. The van der Waals surface area contributed by atoms with Crippen LogP contribution in [0.15, 0.2) is 37.8 Å². The quantitative estimate of drug-likeness (QED) is 0.335. The third-order valence-corrected chi connectivity index (χ3v) is 10.0. The van der Waals surface area contributed by atoms with E-state index in [0.717, 1.165) is 89.4 Å². The third-order valence-electron chi connectivity index (χ3n) is 8.47.